The van der Waals surface area contributed by atoms with E-state index < -0.39 is 22.6 Å². The molecule has 4 aromatic rings. The van der Waals surface area contributed by atoms with Crippen molar-refractivity contribution < 1.29 is 28.0 Å². The lowest BCUT2D eigenvalue weighted by molar-refractivity contribution is -0.384. The lowest BCUT2D eigenvalue weighted by Gasteiger charge is -2.07. The number of hydrogen-bond donors (Lipinski definition) is 3. The molecule has 1 heterocycles. The summed E-state index contributed by atoms with van der Waals surface area (Å²) in [5.41, 5.74) is 1.02. The Morgan fingerprint density at radius 2 is 1.67 bits per heavy atom. The maximum absolute atomic E-state index is 13.1. The van der Waals surface area contributed by atoms with Crippen LogP contribution in [-0.4, -0.2) is 27.5 Å². The first kappa shape index (κ1) is 24.5. The van der Waals surface area contributed by atoms with Crippen LogP contribution in [0.5, 0.6) is 5.75 Å². The summed E-state index contributed by atoms with van der Waals surface area (Å²) >= 11 is 0. The SMILES string of the molecule is O=C(NCCc1ccc(O)cc1)c1cc(-c2ccc(C(F)(F)F)cc2)[nH]c1-c1ccccc1[N+](=O)[O-]. The van der Waals surface area contributed by atoms with Gasteiger partial charge < -0.3 is 15.4 Å². The molecule has 0 aliphatic heterocycles. The van der Waals surface area contributed by atoms with E-state index in [1.165, 1.54) is 48.5 Å². The average Bonchev–Trinajstić information content (AvgIpc) is 3.30. The second kappa shape index (κ2) is 9.95. The van der Waals surface area contributed by atoms with Crippen molar-refractivity contribution in [1.82, 2.24) is 10.3 Å². The van der Waals surface area contributed by atoms with E-state index in [1.807, 2.05) is 0 Å². The predicted octanol–water partition coefficient (Wildman–Crippen LogP) is 5.95. The largest absolute Gasteiger partial charge is 0.508 e. The molecule has 0 fully saturated rings. The maximum Gasteiger partial charge on any atom is 0.416 e. The first-order valence-electron chi connectivity index (χ1n) is 10.8. The Balaban J connectivity index is 1.67. The second-order valence-corrected chi connectivity index (χ2v) is 7.99. The highest BCUT2D eigenvalue weighted by Crippen LogP contribution is 2.36. The van der Waals surface area contributed by atoms with E-state index in [1.54, 1.807) is 18.2 Å². The zero-order chi connectivity index (χ0) is 25.9. The van der Waals surface area contributed by atoms with Crippen molar-refractivity contribution in [3.05, 3.63) is 106 Å². The number of phenolic OH excluding ortho intramolecular Hbond substituents is 1. The van der Waals surface area contributed by atoms with Crippen LogP contribution < -0.4 is 5.32 Å². The number of carbonyl (C=O) groups excluding carboxylic acids is 1. The third-order valence-electron chi connectivity index (χ3n) is 5.59. The molecular weight excluding hydrogens is 475 g/mol. The minimum atomic E-state index is -4.49. The van der Waals surface area contributed by atoms with Gasteiger partial charge in [0.1, 0.15) is 5.75 Å². The summed E-state index contributed by atoms with van der Waals surface area (Å²) in [4.78, 5) is 27.1. The quantitative estimate of drug-likeness (QED) is 0.217. The molecule has 7 nitrogen and oxygen atoms in total. The zero-order valence-corrected chi connectivity index (χ0v) is 18.7. The number of amides is 1. The molecule has 3 aromatic carbocycles. The van der Waals surface area contributed by atoms with Crippen LogP contribution in [0, 0.1) is 10.1 Å². The number of aromatic nitrogens is 1. The van der Waals surface area contributed by atoms with Gasteiger partial charge in [-0.05, 0) is 53.9 Å². The van der Waals surface area contributed by atoms with Crippen molar-refractivity contribution in [2.75, 3.05) is 6.54 Å². The Bertz CT molecular complexity index is 1400. The van der Waals surface area contributed by atoms with Gasteiger partial charge in [0, 0.05) is 18.3 Å². The van der Waals surface area contributed by atoms with Crippen LogP contribution in [0.4, 0.5) is 18.9 Å². The molecule has 1 aromatic heterocycles. The van der Waals surface area contributed by atoms with Crippen molar-refractivity contribution in [3.8, 4) is 28.3 Å². The minimum absolute atomic E-state index is 0.116. The van der Waals surface area contributed by atoms with Gasteiger partial charge in [0.2, 0.25) is 0 Å². The molecule has 0 radical (unpaired) electrons. The number of rotatable bonds is 7. The molecule has 0 saturated carbocycles. The summed E-state index contributed by atoms with van der Waals surface area (Å²) in [5, 5.41) is 23.8. The fourth-order valence-electron chi connectivity index (χ4n) is 3.76. The van der Waals surface area contributed by atoms with Crippen LogP contribution >= 0.6 is 0 Å². The van der Waals surface area contributed by atoms with Crippen molar-refractivity contribution in [2.45, 2.75) is 12.6 Å². The number of phenols is 1. The van der Waals surface area contributed by atoms with E-state index in [-0.39, 0.29) is 34.8 Å². The number of carbonyl (C=O) groups is 1. The van der Waals surface area contributed by atoms with Gasteiger partial charge >= 0.3 is 6.18 Å². The maximum atomic E-state index is 13.1. The number of aromatic amines is 1. The van der Waals surface area contributed by atoms with Crippen molar-refractivity contribution in [3.63, 3.8) is 0 Å². The van der Waals surface area contributed by atoms with Crippen LogP contribution in [0.3, 0.4) is 0 Å². The van der Waals surface area contributed by atoms with E-state index in [0.717, 1.165) is 17.7 Å². The number of halogens is 3. The summed E-state index contributed by atoms with van der Waals surface area (Å²) in [5.74, 6) is -0.378. The number of aromatic hydroxyl groups is 1. The Hall–Kier alpha value is -4.60. The fourth-order valence-corrected chi connectivity index (χ4v) is 3.76. The highest BCUT2D eigenvalue weighted by molar-refractivity contribution is 6.02. The Morgan fingerprint density at radius 3 is 2.31 bits per heavy atom. The highest BCUT2D eigenvalue weighted by Gasteiger charge is 2.30. The average molecular weight is 495 g/mol. The van der Waals surface area contributed by atoms with Crippen molar-refractivity contribution >= 4 is 11.6 Å². The third-order valence-corrected chi connectivity index (χ3v) is 5.59. The molecule has 0 atom stereocenters. The molecule has 3 N–H and O–H groups in total. The van der Waals surface area contributed by atoms with Gasteiger partial charge in [-0.1, -0.05) is 36.4 Å². The normalized spacial score (nSPS) is 11.3. The standard InChI is InChI=1S/C26H20F3N3O4/c27-26(28,29)18-9-7-17(8-10-18)22-15-21(24(31-22)20-3-1-2-4-23(20)32(35)36)25(34)30-14-13-16-5-11-19(33)12-6-16/h1-12,15,31,33H,13-14H2,(H,30,34). The number of alkyl halides is 3. The summed E-state index contributed by atoms with van der Waals surface area (Å²) in [6, 6.07) is 18.3. The van der Waals surface area contributed by atoms with Gasteiger partial charge in [0.25, 0.3) is 11.6 Å². The van der Waals surface area contributed by atoms with Gasteiger partial charge in [0.15, 0.2) is 0 Å². The third kappa shape index (κ3) is 5.38. The predicted molar refractivity (Wildman–Crippen MR) is 127 cm³/mol. The van der Waals surface area contributed by atoms with E-state index in [2.05, 4.69) is 10.3 Å². The van der Waals surface area contributed by atoms with Gasteiger partial charge in [-0.3, -0.25) is 14.9 Å². The number of nitrogens with zero attached hydrogens (tertiary/aromatic N) is 1. The molecular formula is C26H20F3N3O4. The number of nitro groups is 1. The minimum Gasteiger partial charge on any atom is -0.508 e. The second-order valence-electron chi connectivity index (χ2n) is 7.99. The summed E-state index contributed by atoms with van der Waals surface area (Å²) < 4.78 is 38.9. The molecule has 0 aliphatic rings. The number of nitro benzene ring substituents is 1. The smallest absolute Gasteiger partial charge is 0.416 e. The molecule has 0 unspecified atom stereocenters. The lowest BCUT2D eigenvalue weighted by Crippen LogP contribution is -2.25. The topological polar surface area (TPSA) is 108 Å². The molecule has 0 spiro atoms. The number of para-hydroxylation sites is 1. The van der Waals surface area contributed by atoms with Crippen LogP contribution in [0.15, 0.2) is 78.9 Å². The summed E-state index contributed by atoms with van der Waals surface area (Å²) in [6.45, 7) is 0.251. The van der Waals surface area contributed by atoms with Gasteiger partial charge in [-0.15, -0.1) is 0 Å². The van der Waals surface area contributed by atoms with Crippen LogP contribution in [0.1, 0.15) is 21.5 Å². The van der Waals surface area contributed by atoms with Gasteiger partial charge in [-0.25, -0.2) is 0 Å². The molecule has 0 aliphatic carbocycles. The highest BCUT2D eigenvalue weighted by atomic mass is 19.4. The monoisotopic (exact) mass is 495 g/mol. The summed E-state index contributed by atoms with van der Waals surface area (Å²) in [6.07, 6.45) is -4.02. The van der Waals surface area contributed by atoms with E-state index in [0.29, 0.717) is 17.7 Å². The zero-order valence-electron chi connectivity index (χ0n) is 18.7. The first-order chi connectivity index (χ1) is 17.1. The van der Waals surface area contributed by atoms with Crippen molar-refractivity contribution in [2.24, 2.45) is 0 Å². The number of benzene rings is 3. The van der Waals surface area contributed by atoms with Gasteiger partial charge in [-0.2, -0.15) is 13.2 Å². The number of hydrogen-bond acceptors (Lipinski definition) is 4. The Morgan fingerprint density at radius 1 is 1.00 bits per heavy atom. The molecule has 1 amide bonds. The molecule has 4 rings (SSSR count). The first-order valence-corrected chi connectivity index (χ1v) is 10.8. The van der Waals surface area contributed by atoms with E-state index >= 15 is 0 Å². The van der Waals surface area contributed by atoms with E-state index in [9.17, 15) is 33.2 Å². The Labute approximate surface area is 203 Å². The van der Waals surface area contributed by atoms with E-state index in [4.69, 9.17) is 0 Å². The molecule has 36 heavy (non-hydrogen) atoms. The van der Waals surface area contributed by atoms with Gasteiger partial charge in [0.05, 0.1) is 27.3 Å². The molecule has 0 saturated heterocycles. The molecule has 10 heteroatoms. The number of H-pyrrole nitrogens is 1. The van der Waals surface area contributed by atoms with Crippen LogP contribution in [0.25, 0.3) is 22.5 Å². The number of nitrogens with one attached hydrogen (secondary N) is 2. The Kier molecular flexibility index (Phi) is 6.77. The summed E-state index contributed by atoms with van der Waals surface area (Å²) in [7, 11) is 0. The fraction of sp³-hybridized carbons (Fsp3) is 0.115. The molecule has 0 bridgehead atoms. The van der Waals surface area contributed by atoms with Crippen molar-refractivity contribution in [1.29, 1.82) is 0 Å². The van der Waals surface area contributed by atoms with Crippen LogP contribution in [-0.2, 0) is 12.6 Å². The lowest BCUT2D eigenvalue weighted by atomic mass is 10.0. The molecule has 184 valence electrons. The van der Waals surface area contributed by atoms with Crippen LogP contribution in [0.2, 0.25) is 0 Å².